The largest absolute Gasteiger partial charge is 0.368 e. The first-order valence-corrected chi connectivity index (χ1v) is 5.69. The number of nitrogens with zero attached hydrogens (tertiary/aromatic N) is 1. The summed E-state index contributed by atoms with van der Waals surface area (Å²) in [6, 6.07) is -0.205. The highest BCUT2D eigenvalue weighted by molar-refractivity contribution is 5.80. The van der Waals surface area contributed by atoms with E-state index in [9.17, 15) is 4.79 Å². The molecule has 4 nitrogen and oxygen atoms in total. The van der Waals surface area contributed by atoms with Crippen LogP contribution in [0.4, 0.5) is 0 Å². The predicted molar refractivity (Wildman–Crippen MR) is 61.5 cm³/mol. The van der Waals surface area contributed by atoms with E-state index in [-0.39, 0.29) is 11.9 Å². The van der Waals surface area contributed by atoms with E-state index in [0.29, 0.717) is 5.41 Å². The molecule has 1 unspecified atom stereocenters. The Kier molecular flexibility index (Phi) is 4.11. The second-order valence-electron chi connectivity index (χ2n) is 5.16. The summed E-state index contributed by atoms with van der Waals surface area (Å²) in [5.74, 6) is -0.249. The van der Waals surface area contributed by atoms with Crippen molar-refractivity contribution < 1.29 is 4.79 Å². The molecule has 1 aliphatic rings. The Bertz CT molecular complexity index is 228. The van der Waals surface area contributed by atoms with E-state index in [1.807, 2.05) is 6.92 Å². The molecule has 0 saturated carbocycles. The molecular formula is C11H23N3O. The van der Waals surface area contributed by atoms with Crippen molar-refractivity contribution in [3.8, 4) is 0 Å². The third kappa shape index (κ3) is 3.80. The molecule has 1 saturated heterocycles. The van der Waals surface area contributed by atoms with Crippen LogP contribution in [0.3, 0.4) is 0 Å². The average Bonchev–Trinajstić information content (AvgIpc) is 2.44. The van der Waals surface area contributed by atoms with Gasteiger partial charge in [0.1, 0.15) is 0 Å². The first kappa shape index (κ1) is 12.5. The van der Waals surface area contributed by atoms with Crippen LogP contribution in [0.2, 0.25) is 0 Å². The zero-order chi connectivity index (χ0) is 11.5. The fourth-order valence-electron chi connectivity index (χ4n) is 2.14. The van der Waals surface area contributed by atoms with Gasteiger partial charge < -0.3 is 16.0 Å². The molecule has 1 rings (SSSR count). The summed E-state index contributed by atoms with van der Waals surface area (Å²) >= 11 is 0. The molecule has 0 radical (unpaired) electrons. The van der Waals surface area contributed by atoms with E-state index >= 15 is 0 Å². The number of hydrogen-bond donors (Lipinski definition) is 2. The molecule has 0 aromatic heterocycles. The highest BCUT2D eigenvalue weighted by Crippen LogP contribution is 2.28. The minimum atomic E-state index is -0.249. The fraction of sp³-hybridized carbons (Fsp3) is 0.909. The molecule has 0 aromatic rings. The lowest BCUT2D eigenvalue weighted by Crippen LogP contribution is -2.48. The Balaban J connectivity index is 2.42. The maximum absolute atomic E-state index is 11.2. The van der Waals surface area contributed by atoms with E-state index in [0.717, 1.165) is 26.2 Å². The van der Waals surface area contributed by atoms with E-state index in [1.54, 1.807) is 0 Å². The summed E-state index contributed by atoms with van der Waals surface area (Å²) in [6.07, 6.45) is 1.20. The highest BCUT2D eigenvalue weighted by atomic mass is 16.1. The van der Waals surface area contributed by atoms with Gasteiger partial charge >= 0.3 is 0 Å². The molecular weight excluding hydrogens is 190 g/mol. The molecule has 15 heavy (non-hydrogen) atoms. The Labute approximate surface area is 92.2 Å². The van der Waals surface area contributed by atoms with Crippen LogP contribution in [0.5, 0.6) is 0 Å². The molecule has 4 heteroatoms. The van der Waals surface area contributed by atoms with E-state index in [4.69, 9.17) is 5.73 Å². The summed E-state index contributed by atoms with van der Waals surface area (Å²) in [6.45, 7) is 10.2. The van der Waals surface area contributed by atoms with Gasteiger partial charge in [-0.3, -0.25) is 4.79 Å². The van der Waals surface area contributed by atoms with Crippen LogP contribution < -0.4 is 11.1 Å². The monoisotopic (exact) mass is 213 g/mol. The van der Waals surface area contributed by atoms with Crippen molar-refractivity contribution in [1.82, 2.24) is 10.2 Å². The molecule has 0 aliphatic carbocycles. The third-order valence-corrected chi connectivity index (χ3v) is 2.99. The van der Waals surface area contributed by atoms with E-state index in [1.165, 1.54) is 6.42 Å². The average molecular weight is 213 g/mol. The molecule has 1 fully saturated rings. The summed E-state index contributed by atoms with van der Waals surface area (Å²) in [4.78, 5) is 13.5. The number of nitrogens with two attached hydrogens (primary N) is 1. The molecule has 0 spiro atoms. The standard InChI is InChI=1S/C11H23N3O/c1-4-13-9(10(12)15)7-14-6-5-11(2,3)8-14/h9,13H,4-8H2,1-3H3,(H2,12,15). The normalized spacial score (nSPS) is 22.9. The van der Waals surface area contributed by atoms with Crippen LogP contribution in [0, 0.1) is 5.41 Å². The van der Waals surface area contributed by atoms with Gasteiger partial charge in [0, 0.05) is 13.1 Å². The molecule has 0 bridgehead atoms. The van der Waals surface area contributed by atoms with Crippen molar-refractivity contribution in [3.63, 3.8) is 0 Å². The van der Waals surface area contributed by atoms with E-state index in [2.05, 4.69) is 24.1 Å². The summed E-state index contributed by atoms with van der Waals surface area (Å²) in [5.41, 5.74) is 5.72. The van der Waals surface area contributed by atoms with Gasteiger partial charge in [-0.25, -0.2) is 0 Å². The van der Waals surface area contributed by atoms with Gasteiger partial charge in [0.2, 0.25) is 5.91 Å². The van der Waals surface area contributed by atoms with Crippen LogP contribution >= 0.6 is 0 Å². The Morgan fingerprint density at radius 1 is 1.60 bits per heavy atom. The van der Waals surface area contributed by atoms with Crippen molar-refractivity contribution >= 4 is 5.91 Å². The smallest absolute Gasteiger partial charge is 0.235 e. The van der Waals surface area contributed by atoms with Gasteiger partial charge in [-0.05, 0) is 24.9 Å². The van der Waals surface area contributed by atoms with Gasteiger partial charge in [-0.2, -0.15) is 0 Å². The lowest BCUT2D eigenvalue weighted by molar-refractivity contribution is -0.120. The summed E-state index contributed by atoms with van der Waals surface area (Å²) in [5, 5.41) is 3.12. The maximum Gasteiger partial charge on any atom is 0.235 e. The van der Waals surface area contributed by atoms with Gasteiger partial charge in [-0.15, -0.1) is 0 Å². The fourth-order valence-corrected chi connectivity index (χ4v) is 2.14. The molecule has 88 valence electrons. The molecule has 1 amide bonds. The summed E-state index contributed by atoms with van der Waals surface area (Å²) < 4.78 is 0. The number of rotatable bonds is 5. The molecule has 0 aromatic carbocycles. The number of carbonyl (C=O) groups is 1. The lowest BCUT2D eigenvalue weighted by atomic mass is 9.93. The molecule has 1 atom stereocenters. The Morgan fingerprint density at radius 2 is 2.27 bits per heavy atom. The minimum Gasteiger partial charge on any atom is -0.368 e. The van der Waals surface area contributed by atoms with Gasteiger partial charge in [-0.1, -0.05) is 20.8 Å². The van der Waals surface area contributed by atoms with E-state index < -0.39 is 0 Å². The van der Waals surface area contributed by atoms with Gasteiger partial charge in [0.05, 0.1) is 6.04 Å². The number of likely N-dealkylation sites (tertiary alicyclic amines) is 1. The van der Waals surface area contributed by atoms with Gasteiger partial charge in [0.15, 0.2) is 0 Å². The topological polar surface area (TPSA) is 58.4 Å². The maximum atomic E-state index is 11.2. The minimum absolute atomic E-state index is 0.205. The lowest BCUT2D eigenvalue weighted by Gasteiger charge is -2.23. The first-order chi connectivity index (χ1) is 6.94. The van der Waals surface area contributed by atoms with Crippen LogP contribution in [0.15, 0.2) is 0 Å². The van der Waals surface area contributed by atoms with Crippen LogP contribution in [-0.4, -0.2) is 43.0 Å². The number of likely N-dealkylation sites (N-methyl/N-ethyl adjacent to an activating group) is 1. The number of primary amides is 1. The number of hydrogen-bond acceptors (Lipinski definition) is 3. The zero-order valence-corrected chi connectivity index (χ0v) is 10.0. The molecule has 1 aliphatic heterocycles. The van der Waals surface area contributed by atoms with Crippen molar-refractivity contribution in [1.29, 1.82) is 0 Å². The Hall–Kier alpha value is -0.610. The second-order valence-corrected chi connectivity index (χ2v) is 5.16. The van der Waals surface area contributed by atoms with Crippen molar-refractivity contribution in [2.24, 2.45) is 11.1 Å². The summed E-state index contributed by atoms with van der Waals surface area (Å²) in [7, 11) is 0. The number of carbonyl (C=O) groups excluding carboxylic acids is 1. The number of amides is 1. The predicted octanol–water partition coefficient (Wildman–Crippen LogP) is 0.182. The van der Waals surface area contributed by atoms with Crippen LogP contribution in [-0.2, 0) is 4.79 Å². The zero-order valence-electron chi connectivity index (χ0n) is 10.0. The number of nitrogens with one attached hydrogen (secondary N) is 1. The second kappa shape index (κ2) is 4.94. The van der Waals surface area contributed by atoms with Gasteiger partial charge in [0.25, 0.3) is 0 Å². The molecule has 1 heterocycles. The first-order valence-electron chi connectivity index (χ1n) is 5.69. The quantitative estimate of drug-likeness (QED) is 0.685. The van der Waals surface area contributed by atoms with Crippen molar-refractivity contribution in [2.45, 2.75) is 33.2 Å². The highest BCUT2D eigenvalue weighted by Gasteiger charge is 2.31. The van der Waals surface area contributed by atoms with Crippen molar-refractivity contribution in [2.75, 3.05) is 26.2 Å². The van der Waals surface area contributed by atoms with Crippen LogP contribution in [0.25, 0.3) is 0 Å². The Morgan fingerprint density at radius 3 is 2.67 bits per heavy atom. The SMILES string of the molecule is CCNC(CN1CCC(C)(C)C1)C(N)=O. The third-order valence-electron chi connectivity index (χ3n) is 2.99. The molecule has 3 N–H and O–H groups in total. The van der Waals surface area contributed by atoms with Crippen molar-refractivity contribution in [3.05, 3.63) is 0 Å². The van der Waals surface area contributed by atoms with Crippen LogP contribution in [0.1, 0.15) is 27.2 Å².